The zero-order chi connectivity index (χ0) is 25.5. The topological polar surface area (TPSA) is 99.7 Å². The summed E-state index contributed by atoms with van der Waals surface area (Å²) in [6, 6.07) is 19.2. The summed E-state index contributed by atoms with van der Waals surface area (Å²) in [6.07, 6.45) is 4.79. The Labute approximate surface area is 216 Å². The molecule has 0 aliphatic carbocycles. The molecule has 0 bridgehead atoms. The van der Waals surface area contributed by atoms with Crippen LogP contribution in [0.1, 0.15) is 28.9 Å². The van der Waals surface area contributed by atoms with Crippen molar-refractivity contribution in [2.45, 2.75) is 18.6 Å². The van der Waals surface area contributed by atoms with Gasteiger partial charge in [-0.1, -0.05) is 48.5 Å². The minimum absolute atomic E-state index is 0.0605. The minimum atomic E-state index is -0.743. The molecular formula is C29H32N4O4. The van der Waals surface area contributed by atoms with E-state index in [4.69, 9.17) is 9.47 Å². The molecule has 3 N–H and O–H groups in total. The summed E-state index contributed by atoms with van der Waals surface area (Å²) in [5, 5.41) is 14.7. The lowest BCUT2D eigenvalue weighted by molar-refractivity contribution is -0.143. The van der Waals surface area contributed by atoms with Crippen molar-refractivity contribution < 1.29 is 19.4 Å². The lowest BCUT2D eigenvalue weighted by Crippen LogP contribution is -2.44. The Morgan fingerprint density at radius 3 is 2.68 bits per heavy atom. The summed E-state index contributed by atoms with van der Waals surface area (Å²) in [7, 11) is 0. The van der Waals surface area contributed by atoms with Gasteiger partial charge >= 0.3 is 0 Å². The summed E-state index contributed by atoms with van der Waals surface area (Å²) < 4.78 is 11.9. The Morgan fingerprint density at radius 1 is 1.08 bits per heavy atom. The number of amides is 1. The first-order valence-corrected chi connectivity index (χ1v) is 12.7. The Morgan fingerprint density at radius 2 is 1.89 bits per heavy atom. The van der Waals surface area contributed by atoms with Crippen LogP contribution < -0.4 is 10.1 Å². The molecular weight excluding hydrogens is 468 g/mol. The number of pyridine rings is 1. The average molecular weight is 501 g/mol. The molecule has 1 amide bonds. The normalized spacial score (nSPS) is 15.4. The fourth-order valence-corrected chi connectivity index (χ4v) is 4.61. The number of aromatic nitrogens is 2. The monoisotopic (exact) mass is 500 g/mol. The van der Waals surface area contributed by atoms with E-state index in [1.807, 2.05) is 65.7 Å². The van der Waals surface area contributed by atoms with E-state index in [0.29, 0.717) is 45.1 Å². The summed E-state index contributed by atoms with van der Waals surface area (Å²) in [5.41, 5.74) is 3.62. The molecule has 0 radical (unpaired) electrons. The number of rotatable bonds is 10. The van der Waals surface area contributed by atoms with Crippen molar-refractivity contribution in [1.29, 1.82) is 0 Å². The van der Waals surface area contributed by atoms with E-state index in [0.717, 1.165) is 34.0 Å². The van der Waals surface area contributed by atoms with E-state index in [9.17, 15) is 9.90 Å². The maximum atomic E-state index is 13.5. The number of ether oxygens (including phenoxy) is 2. The molecule has 0 spiro atoms. The van der Waals surface area contributed by atoms with Crippen LogP contribution in [0.15, 0.2) is 79.3 Å². The third-order valence-corrected chi connectivity index (χ3v) is 6.64. The van der Waals surface area contributed by atoms with Crippen LogP contribution in [0.4, 0.5) is 0 Å². The van der Waals surface area contributed by atoms with Crippen molar-refractivity contribution in [1.82, 2.24) is 20.2 Å². The Balaban J connectivity index is 1.28. The maximum absolute atomic E-state index is 13.5. The van der Waals surface area contributed by atoms with Gasteiger partial charge in [0.05, 0.1) is 24.8 Å². The van der Waals surface area contributed by atoms with Gasteiger partial charge in [0, 0.05) is 54.7 Å². The first-order valence-electron chi connectivity index (χ1n) is 12.7. The number of carbonyl (C=O) groups excluding carboxylic acids is 1. The molecule has 8 nitrogen and oxygen atoms in total. The van der Waals surface area contributed by atoms with Gasteiger partial charge in [0.2, 0.25) is 6.10 Å². The number of H-pyrrole nitrogens is 1. The first-order chi connectivity index (χ1) is 18.2. The lowest BCUT2D eigenvalue weighted by atomic mass is 10.1. The number of hydrogen-bond acceptors (Lipinski definition) is 6. The number of nitrogens with one attached hydrogen (secondary N) is 2. The molecule has 4 aromatic rings. The maximum Gasteiger partial charge on any atom is 0.268 e. The van der Waals surface area contributed by atoms with Crippen LogP contribution in [-0.2, 0) is 16.0 Å². The summed E-state index contributed by atoms with van der Waals surface area (Å²) >= 11 is 0. The number of morpholine rings is 1. The van der Waals surface area contributed by atoms with Crippen molar-refractivity contribution in [2.24, 2.45) is 0 Å². The van der Waals surface area contributed by atoms with Gasteiger partial charge in [0.15, 0.2) is 0 Å². The van der Waals surface area contributed by atoms with E-state index in [2.05, 4.69) is 21.4 Å². The van der Waals surface area contributed by atoms with E-state index < -0.39 is 12.2 Å². The highest BCUT2D eigenvalue weighted by molar-refractivity contribution is 5.89. The molecule has 8 heteroatoms. The molecule has 0 saturated carbocycles. The molecule has 192 valence electrons. The quantitative estimate of drug-likeness (QED) is 0.289. The predicted octanol–water partition coefficient (Wildman–Crippen LogP) is 3.41. The van der Waals surface area contributed by atoms with Gasteiger partial charge in [-0.05, 0) is 30.7 Å². The Kier molecular flexibility index (Phi) is 8.10. The number of carbonyl (C=O) groups is 1. The van der Waals surface area contributed by atoms with E-state index >= 15 is 0 Å². The molecule has 0 unspecified atom stereocenters. The second kappa shape index (κ2) is 12.0. The summed E-state index contributed by atoms with van der Waals surface area (Å²) in [4.78, 5) is 22.7. The Bertz CT molecular complexity index is 1290. The third kappa shape index (κ3) is 5.99. The number of nitrogens with zero attached hydrogens (tertiary/aromatic N) is 2. The third-order valence-electron chi connectivity index (χ3n) is 6.64. The standard InChI is InChI=1S/C29H32N4O4/c34-25(23-8-5-12-30-18-23)20-31-13-11-22-19-32-27-24(22)9-4-10-26(27)37-28(21-6-2-1-3-7-21)29(35)33-14-16-36-17-15-33/h1-10,12,18-19,25,28,31-32,34H,11,13-17,20H2/t25-,28-/m0/s1. The highest BCUT2D eigenvalue weighted by Gasteiger charge is 2.29. The number of fused-ring (bicyclic) bond motifs is 1. The molecule has 1 saturated heterocycles. The number of aromatic amines is 1. The van der Waals surface area contributed by atoms with Crippen molar-refractivity contribution in [3.63, 3.8) is 0 Å². The number of hydrogen-bond donors (Lipinski definition) is 3. The SMILES string of the molecule is O=C([C@@H](Oc1cccc2c(CCNC[C@H](O)c3cccnc3)c[nH]c12)c1ccccc1)N1CCOCC1. The van der Waals surface area contributed by atoms with E-state index in [1.165, 1.54) is 0 Å². The zero-order valence-electron chi connectivity index (χ0n) is 20.7. The summed E-state index contributed by atoms with van der Waals surface area (Å²) in [5.74, 6) is 0.578. The molecule has 2 atom stereocenters. The second-order valence-electron chi connectivity index (χ2n) is 9.10. The molecule has 1 aliphatic rings. The highest BCUT2D eigenvalue weighted by Crippen LogP contribution is 2.32. The molecule has 1 fully saturated rings. The lowest BCUT2D eigenvalue weighted by Gasteiger charge is -2.30. The predicted molar refractivity (Wildman–Crippen MR) is 141 cm³/mol. The number of aliphatic hydroxyl groups is 1. The molecule has 2 aromatic carbocycles. The fourth-order valence-electron chi connectivity index (χ4n) is 4.61. The number of para-hydroxylation sites is 1. The van der Waals surface area contributed by atoms with Crippen LogP contribution in [0.25, 0.3) is 10.9 Å². The molecule has 5 rings (SSSR count). The minimum Gasteiger partial charge on any atom is -0.474 e. The van der Waals surface area contributed by atoms with Crippen LogP contribution in [0.5, 0.6) is 5.75 Å². The van der Waals surface area contributed by atoms with Gasteiger partial charge < -0.3 is 29.8 Å². The van der Waals surface area contributed by atoms with Gasteiger partial charge in [-0.25, -0.2) is 0 Å². The van der Waals surface area contributed by atoms with Gasteiger partial charge in [0.1, 0.15) is 5.75 Å². The zero-order valence-corrected chi connectivity index (χ0v) is 20.7. The molecule has 3 heterocycles. The van der Waals surface area contributed by atoms with Crippen LogP contribution in [0.3, 0.4) is 0 Å². The molecule has 1 aliphatic heterocycles. The van der Waals surface area contributed by atoms with Crippen molar-refractivity contribution in [2.75, 3.05) is 39.4 Å². The average Bonchev–Trinajstić information content (AvgIpc) is 3.38. The fraction of sp³-hybridized carbons (Fsp3) is 0.310. The largest absolute Gasteiger partial charge is 0.474 e. The Hall–Kier alpha value is -3.72. The smallest absolute Gasteiger partial charge is 0.268 e. The first kappa shape index (κ1) is 25.0. The van der Waals surface area contributed by atoms with Crippen molar-refractivity contribution in [3.8, 4) is 5.75 Å². The number of benzene rings is 2. The van der Waals surface area contributed by atoms with Crippen LogP contribution >= 0.6 is 0 Å². The van der Waals surface area contributed by atoms with Gasteiger partial charge in [-0.2, -0.15) is 0 Å². The van der Waals surface area contributed by atoms with Gasteiger partial charge in [0.25, 0.3) is 5.91 Å². The van der Waals surface area contributed by atoms with Crippen molar-refractivity contribution >= 4 is 16.8 Å². The van der Waals surface area contributed by atoms with Crippen molar-refractivity contribution in [3.05, 3.63) is 95.9 Å². The van der Waals surface area contributed by atoms with Crippen LogP contribution in [0.2, 0.25) is 0 Å². The summed E-state index contributed by atoms with van der Waals surface area (Å²) in [6.45, 7) is 3.35. The second-order valence-corrected chi connectivity index (χ2v) is 9.10. The van der Waals surface area contributed by atoms with Gasteiger partial charge in [-0.3, -0.25) is 9.78 Å². The van der Waals surface area contributed by atoms with Crippen LogP contribution in [-0.4, -0.2) is 65.3 Å². The van der Waals surface area contributed by atoms with E-state index in [1.54, 1.807) is 12.4 Å². The number of aliphatic hydroxyl groups excluding tert-OH is 1. The van der Waals surface area contributed by atoms with E-state index in [-0.39, 0.29) is 5.91 Å². The highest BCUT2D eigenvalue weighted by atomic mass is 16.5. The molecule has 2 aromatic heterocycles. The van der Waals surface area contributed by atoms with Crippen LogP contribution in [0, 0.1) is 0 Å². The molecule has 37 heavy (non-hydrogen) atoms. The van der Waals surface area contributed by atoms with Gasteiger partial charge in [-0.15, -0.1) is 0 Å².